The van der Waals surface area contributed by atoms with Gasteiger partial charge in [0.1, 0.15) is 13.3 Å². The van der Waals surface area contributed by atoms with Gasteiger partial charge in [0.2, 0.25) is 0 Å². The van der Waals surface area contributed by atoms with Crippen LogP contribution in [0.2, 0.25) is 0 Å². The van der Waals surface area contributed by atoms with Crippen LogP contribution in [0.4, 0.5) is 4.39 Å². The number of aliphatic carboxylic acids is 1. The van der Waals surface area contributed by atoms with Gasteiger partial charge in [0.05, 0.1) is 12.4 Å². The summed E-state index contributed by atoms with van der Waals surface area (Å²) in [5, 5.41) is 12.8. The van der Waals surface area contributed by atoms with E-state index >= 15 is 0 Å². The van der Waals surface area contributed by atoms with Crippen molar-refractivity contribution in [3.8, 4) is 5.75 Å². The van der Waals surface area contributed by atoms with Gasteiger partial charge in [-0.05, 0) is 13.8 Å². The lowest BCUT2D eigenvalue weighted by Crippen LogP contribution is -2.35. The number of alkyl halides is 1. The highest BCUT2D eigenvalue weighted by molar-refractivity contribution is 5.75. The molecule has 0 amide bonds. The average molecular weight is 216 g/mol. The molecule has 1 N–H and O–H groups in total. The molecule has 0 saturated carbocycles. The Morgan fingerprint density at radius 1 is 1.73 bits per heavy atom. The van der Waals surface area contributed by atoms with Crippen molar-refractivity contribution in [2.24, 2.45) is 0 Å². The predicted molar refractivity (Wildman–Crippen MR) is 50.7 cm³/mol. The molecule has 0 aromatic carbocycles. The summed E-state index contributed by atoms with van der Waals surface area (Å²) < 4.78 is 18.0. The third-order valence-electron chi connectivity index (χ3n) is 2.00. The van der Waals surface area contributed by atoms with E-state index in [4.69, 9.17) is 9.84 Å². The summed E-state index contributed by atoms with van der Waals surface area (Å²) in [6, 6.07) is 0. The minimum Gasteiger partial charge on any atom is -0.488 e. The SMILES string of the molecule is CC(C)(C(=O)O)n1cc(OCCF)cn1. The lowest BCUT2D eigenvalue weighted by molar-refractivity contribution is -0.146. The number of hydrogen-bond donors (Lipinski definition) is 1. The van der Waals surface area contributed by atoms with Crippen molar-refractivity contribution in [2.75, 3.05) is 13.3 Å². The van der Waals surface area contributed by atoms with Gasteiger partial charge >= 0.3 is 5.97 Å². The molecule has 84 valence electrons. The number of carboxylic acid groups (broad SMARTS) is 1. The highest BCUT2D eigenvalue weighted by Gasteiger charge is 2.30. The Morgan fingerprint density at radius 3 is 2.93 bits per heavy atom. The van der Waals surface area contributed by atoms with Crippen LogP contribution in [0.1, 0.15) is 13.8 Å². The molecule has 1 rings (SSSR count). The molecule has 0 aliphatic carbocycles. The first-order valence-corrected chi connectivity index (χ1v) is 4.46. The molecule has 5 nitrogen and oxygen atoms in total. The van der Waals surface area contributed by atoms with Crippen LogP contribution in [0.5, 0.6) is 5.75 Å². The predicted octanol–water partition coefficient (Wildman–Crippen LogP) is 1.05. The Kier molecular flexibility index (Phi) is 3.28. The molecule has 1 heterocycles. The Labute approximate surface area is 86.5 Å². The first-order chi connectivity index (χ1) is 6.98. The fourth-order valence-corrected chi connectivity index (χ4v) is 0.941. The molecule has 1 aromatic heterocycles. The van der Waals surface area contributed by atoms with Crippen LogP contribution < -0.4 is 4.74 Å². The van der Waals surface area contributed by atoms with E-state index in [1.54, 1.807) is 0 Å². The second-order valence-electron chi connectivity index (χ2n) is 3.52. The molecule has 6 heteroatoms. The lowest BCUT2D eigenvalue weighted by Gasteiger charge is -2.19. The quantitative estimate of drug-likeness (QED) is 0.799. The Hall–Kier alpha value is -1.59. The van der Waals surface area contributed by atoms with Gasteiger partial charge in [0.15, 0.2) is 11.3 Å². The summed E-state index contributed by atoms with van der Waals surface area (Å²) in [5.74, 6) is -0.635. The minimum atomic E-state index is -1.14. The first kappa shape index (κ1) is 11.5. The summed E-state index contributed by atoms with van der Waals surface area (Å²) >= 11 is 0. The number of carboxylic acids is 1. The van der Waals surface area contributed by atoms with Gasteiger partial charge < -0.3 is 9.84 Å². The molecule has 0 atom stereocenters. The largest absolute Gasteiger partial charge is 0.488 e. The van der Waals surface area contributed by atoms with E-state index in [2.05, 4.69) is 5.10 Å². The summed E-state index contributed by atoms with van der Waals surface area (Å²) in [5.41, 5.74) is -1.14. The highest BCUT2D eigenvalue weighted by Crippen LogP contribution is 2.18. The van der Waals surface area contributed by atoms with Gasteiger partial charge in [0, 0.05) is 0 Å². The Morgan fingerprint density at radius 2 is 2.40 bits per heavy atom. The van der Waals surface area contributed by atoms with Crippen molar-refractivity contribution in [1.29, 1.82) is 0 Å². The highest BCUT2D eigenvalue weighted by atomic mass is 19.1. The number of halogens is 1. The van der Waals surface area contributed by atoms with E-state index in [0.29, 0.717) is 5.75 Å². The van der Waals surface area contributed by atoms with Crippen molar-refractivity contribution in [2.45, 2.75) is 19.4 Å². The molecular weight excluding hydrogens is 203 g/mol. The summed E-state index contributed by atoms with van der Waals surface area (Å²) in [6.45, 7) is 2.38. The second kappa shape index (κ2) is 4.29. The lowest BCUT2D eigenvalue weighted by atomic mass is 10.1. The van der Waals surface area contributed by atoms with E-state index in [-0.39, 0.29) is 6.61 Å². The van der Waals surface area contributed by atoms with E-state index in [1.807, 2.05) is 0 Å². The van der Waals surface area contributed by atoms with Gasteiger partial charge in [-0.3, -0.25) is 4.68 Å². The maximum Gasteiger partial charge on any atom is 0.331 e. The maximum absolute atomic E-state index is 11.8. The van der Waals surface area contributed by atoms with Crippen molar-refractivity contribution in [3.05, 3.63) is 12.4 Å². The smallest absolute Gasteiger partial charge is 0.331 e. The topological polar surface area (TPSA) is 64.3 Å². The van der Waals surface area contributed by atoms with E-state index in [9.17, 15) is 9.18 Å². The second-order valence-corrected chi connectivity index (χ2v) is 3.52. The van der Waals surface area contributed by atoms with Crippen molar-refractivity contribution in [3.63, 3.8) is 0 Å². The number of ether oxygens (including phenoxy) is 1. The molecule has 0 unspecified atom stereocenters. The molecule has 0 bridgehead atoms. The number of nitrogens with zero attached hydrogens (tertiary/aromatic N) is 2. The third kappa shape index (κ3) is 2.45. The van der Waals surface area contributed by atoms with Gasteiger partial charge in [-0.15, -0.1) is 0 Å². The first-order valence-electron chi connectivity index (χ1n) is 4.46. The zero-order chi connectivity index (χ0) is 11.5. The zero-order valence-electron chi connectivity index (χ0n) is 8.61. The maximum atomic E-state index is 11.8. The zero-order valence-corrected chi connectivity index (χ0v) is 8.61. The van der Waals surface area contributed by atoms with Crippen LogP contribution in [0.3, 0.4) is 0 Å². The van der Waals surface area contributed by atoms with Crippen molar-refractivity contribution >= 4 is 5.97 Å². The van der Waals surface area contributed by atoms with E-state index < -0.39 is 18.2 Å². The number of carbonyl (C=O) groups is 1. The molecule has 0 aliphatic heterocycles. The molecule has 0 radical (unpaired) electrons. The van der Waals surface area contributed by atoms with E-state index in [1.165, 1.54) is 30.9 Å². The molecule has 15 heavy (non-hydrogen) atoms. The van der Waals surface area contributed by atoms with Crippen molar-refractivity contribution < 1.29 is 19.0 Å². The summed E-state index contributed by atoms with van der Waals surface area (Å²) in [4.78, 5) is 10.9. The monoisotopic (exact) mass is 216 g/mol. The van der Waals surface area contributed by atoms with E-state index in [0.717, 1.165) is 0 Å². The number of hydrogen-bond acceptors (Lipinski definition) is 3. The molecule has 0 spiro atoms. The molecule has 0 saturated heterocycles. The molecule has 0 fully saturated rings. The molecule has 1 aromatic rings. The fourth-order valence-electron chi connectivity index (χ4n) is 0.941. The van der Waals surface area contributed by atoms with Crippen LogP contribution in [0, 0.1) is 0 Å². The van der Waals surface area contributed by atoms with Gasteiger partial charge in [0.25, 0.3) is 0 Å². The summed E-state index contributed by atoms with van der Waals surface area (Å²) in [6.07, 6.45) is 2.80. The Balaban J connectivity index is 2.79. The molecular formula is C9H13FN2O3. The average Bonchev–Trinajstić information content (AvgIpc) is 2.63. The van der Waals surface area contributed by atoms with Crippen LogP contribution in [-0.4, -0.2) is 34.1 Å². The summed E-state index contributed by atoms with van der Waals surface area (Å²) in [7, 11) is 0. The molecule has 0 aliphatic rings. The Bertz CT molecular complexity index is 349. The third-order valence-corrected chi connectivity index (χ3v) is 2.00. The number of rotatable bonds is 5. The van der Waals surface area contributed by atoms with Crippen molar-refractivity contribution in [1.82, 2.24) is 9.78 Å². The minimum absolute atomic E-state index is 0.0564. The van der Waals surface area contributed by atoms with Crippen LogP contribution in [-0.2, 0) is 10.3 Å². The van der Waals surface area contributed by atoms with Crippen LogP contribution in [0.15, 0.2) is 12.4 Å². The van der Waals surface area contributed by atoms with Crippen LogP contribution >= 0.6 is 0 Å². The van der Waals surface area contributed by atoms with Gasteiger partial charge in [-0.2, -0.15) is 5.10 Å². The normalized spacial score (nSPS) is 11.4. The van der Waals surface area contributed by atoms with Crippen LogP contribution in [0.25, 0.3) is 0 Å². The number of aromatic nitrogens is 2. The van der Waals surface area contributed by atoms with Gasteiger partial charge in [-0.25, -0.2) is 9.18 Å². The van der Waals surface area contributed by atoms with Gasteiger partial charge in [-0.1, -0.05) is 0 Å². The fraction of sp³-hybridized carbons (Fsp3) is 0.556. The standard InChI is InChI=1S/C9H13FN2O3/c1-9(2,8(13)14)12-6-7(5-11-12)15-4-3-10/h5-6H,3-4H2,1-2H3,(H,13,14).